The van der Waals surface area contributed by atoms with Crippen molar-refractivity contribution in [3.8, 4) is 11.5 Å². The minimum atomic E-state index is -1.35. The van der Waals surface area contributed by atoms with E-state index in [1.54, 1.807) is 6.07 Å². The highest BCUT2D eigenvalue weighted by Gasteiger charge is 2.55. The van der Waals surface area contributed by atoms with Gasteiger partial charge in [0.15, 0.2) is 17.3 Å². The lowest BCUT2D eigenvalue weighted by atomic mass is 9.83. The van der Waals surface area contributed by atoms with E-state index in [1.165, 1.54) is 32.1 Å². The van der Waals surface area contributed by atoms with Gasteiger partial charge in [-0.25, -0.2) is 0 Å². The van der Waals surface area contributed by atoms with E-state index in [0.29, 0.717) is 5.56 Å². The summed E-state index contributed by atoms with van der Waals surface area (Å²) in [7, 11) is -3.62. The molecular formula is C26H38B3NO12S3. The lowest BCUT2D eigenvalue weighted by Crippen LogP contribution is -2.67. The number of carbonyl (C=O) groups excluding carboxylic acids is 2. The zero-order chi connectivity index (χ0) is 39.5. The number of hydrogen-bond acceptors (Lipinski definition) is 15. The molecule has 3 aliphatic rings. The molecule has 0 radical (unpaired) electrons. The summed E-state index contributed by atoms with van der Waals surface area (Å²) >= 11 is 2.36. The van der Waals surface area contributed by atoms with E-state index in [4.69, 9.17) is 59.1 Å². The van der Waals surface area contributed by atoms with Gasteiger partial charge in [-0.1, -0.05) is 6.07 Å². The van der Waals surface area contributed by atoms with Gasteiger partial charge in [0.1, 0.15) is 78.9 Å². The maximum absolute atomic E-state index is 13.6. The molecule has 0 spiro atoms. The predicted molar refractivity (Wildman–Crippen MR) is 178 cm³/mol. The summed E-state index contributed by atoms with van der Waals surface area (Å²) in [5, 5.41) is 17.4. The number of hydrogen-bond donors (Lipinski definition) is 4. The van der Waals surface area contributed by atoms with Gasteiger partial charge in [0, 0.05) is 23.3 Å². The summed E-state index contributed by atoms with van der Waals surface area (Å²) in [6.07, 6.45) is -8.45. The van der Waals surface area contributed by atoms with Crippen LogP contribution in [0.2, 0.25) is 0 Å². The van der Waals surface area contributed by atoms with Crippen LogP contribution in [0.3, 0.4) is 0 Å². The first kappa shape index (κ1) is 25.6. The maximum Gasteiger partial charge on any atom is 0.247 e. The van der Waals surface area contributed by atoms with Gasteiger partial charge in [-0.3, -0.25) is 9.59 Å². The third kappa shape index (κ3) is 8.76. The standard InChI is InChI=1S/C26H38B3NO12S3/c1-11(25(35)30-16-17(32)18(33)22-24(37-10-36-22)21(16)41-44-8-28)5-13-3-4-14(15(6-13)40-43-7-27)38-26-19(34)23(42-45-9-29)20(39-26)12(2)31/h3-6,16-24,26,32-34H,7-10,27-29H2,1-2H3,(H,30,35)/b11-5+/t16-,17+,18-,19+,20-,21-,22-,23+,24+,26-/m1/s1/i27TD,28TD,29TD,32T,33T,34T. The molecule has 0 unspecified atom stereocenters. The Bertz CT molecular complexity index is 1430. The predicted octanol–water partition coefficient (Wildman–Crippen LogP) is -2.03. The van der Waals surface area contributed by atoms with Crippen molar-refractivity contribution < 1.29 is 56.4 Å². The zero-order valence-electron chi connectivity index (χ0n) is 33.3. The van der Waals surface area contributed by atoms with E-state index in [2.05, 4.69) is 5.32 Å². The van der Waals surface area contributed by atoms with Gasteiger partial charge in [0.25, 0.3) is 0 Å². The Kier molecular flexibility index (Phi) is 9.76. The fourth-order valence-electron chi connectivity index (χ4n) is 4.98. The maximum atomic E-state index is 13.6. The van der Waals surface area contributed by atoms with Gasteiger partial charge in [-0.05, 0) is 81.0 Å². The summed E-state index contributed by atoms with van der Waals surface area (Å²) in [6.45, 7) is 2.61. The molecule has 1 aromatic carbocycles. The van der Waals surface area contributed by atoms with Crippen LogP contribution in [0.15, 0.2) is 23.8 Å². The largest absolute Gasteiger partial charge is 0.458 e. The number of amides is 1. The molecule has 0 aromatic heterocycles. The molecule has 4 rings (SSSR count). The van der Waals surface area contributed by atoms with Crippen molar-refractivity contribution in [1.29, 1.82) is 12.3 Å². The first-order valence-electron chi connectivity index (χ1n) is 18.4. The van der Waals surface area contributed by atoms with Crippen LogP contribution < -0.4 is 14.2 Å². The average molecular weight is 700 g/mol. The summed E-state index contributed by atoms with van der Waals surface area (Å²) in [5.74, 6) is -0.936. The quantitative estimate of drug-likeness (QED) is 0.0629. The SMILES string of the molecule is [2H]B([3H])CSOc1cc(/C=C(\C)C(=O)N[C@H]2[C@@H](OSCB([2H])[3H])[C@@H]3OCO[C@@H]3[C@H](O[3H])[C@H]2O[3H])ccc1O[C@@H]1O[C@H](C(C)=O)[C@@H](OSCB([2H])[3H])[C@@H]1O[3H]. The van der Waals surface area contributed by atoms with Crippen LogP contribution in [-0.2, 0) is 32.2 Å². The van der Waals surface area contributed by atoms with E-state index in [0.717, 1.165) is 36.1 Å². The molecule has 2 aliphatic heterocycles. The van der Waals surface area contributed by atoms with Crippen LogP contribution in [0.5, 0.6) is 11.5 Å². The number of ether oxygens (including phenoxy) is 4. The normalized spacial score (nSPS) is 35.5. The number of rotatable bonds is 21. The fraction of sp³-hybridized carbons (Fsp3) is 0.615. The molecule has 0 bridgehead atoms. The average Bonchev–Trinajstić information content (AvgIpc) is 3.74. The molecule has 2 heterocycles. The van der Waals surface area contributed by atoms with Crippen molar-refractivity contribution in [2.24, 2.45) is 0 Å². The zero-order valence-corrected chi connectivity index (χ0v) is 26.7. The molecule has 3 fully saturated rings. The smallest absolute Gasteiger partial charge is 0.247 e. The number of ketones is 1. The van der Waals surface area contributed by atoms with Crippen molar-refractivity contribution in [1.82, 2.24) is 5.32 Å². The van der Waals surface area contributed by atoms with Crippen LogP contribution >= 0.6 is 36.1 Å². The second-order valence-electron chi connectivity index (χ2n) is 10.0. The lowest BCUT2D eigenvalue weighted by Gasteiger charge is -2.43. The molecular weight excluding hydrogens is 647 g/mol. The molecule has 246 valence electrons. The topological polar surface area (TPSA) is 171 Å². The molecule has 10 atom stereocenters. The molecule has 1 saturated carbocycles. The van der Waals surface area contributed by atoms with E-state index < -0.39 is 96.2 Å². The van der Waals surface area contributed by atoms with Crippen molar-refractivity contribution in [2.45, 2.75) is 75.0 Å². The molecule has 13 nitrogen and oxygen atoms in total. The Morgan fingerprint density at radius 3 is 2.47 bits per heavy atom. The Morgan fingerprint density at radius 2 is 1.76 bits per heavy atom. The first-order valence-corrected chi connectivity index (χ1v) is 16.5. The number of benzene rings is 1. The van der Waals surface area contributed by atoms with Crippen molar-refractivity contribution in [2.75, 3.05) is 23.7 Å². The van der Waals surface area contributed by atoms with Crippen molar-refractivity contribution in [3.63, 3.8) is 0 Å². The monoisotopic (exact) mass is 700 g/mol. The van der Waals surface area contributed by atoms with Gasteiger partial charge >= 0.3 is 0 Å². The second-order valence-corrected chi connectivity index (χ2v) is 12.3. The first-order chi connectivity index (χ1) is 25.8. The molecule has 1 aromatic rings. The van der Waals surface area contributed by atoms with Crippen LogP contribution in [-0.4, -0.2) is 148 Å². The van der Waals surface area contributed by atoms with E-state index in [9.17, 15) is 9.59 Å². The highest BCUT2D eigenvalue weighted by atomic mass is 32.2. The van der Waals surface area contributed by atoms with Gasteiger partial charge in [-0.2, -0.15) is 0 Å². The molecule has 1 amide bonds. The summed E-state index contributed by atoms with van der Waals surface area (Å²) < 4.78 is 108. The van der Waals surface area contributed by atoms with E-state index >= 15 is 0 Å². The third-order valence-corrected chi connectivity index (χ3v) is 8.48. The highest BCUT2D eigenvalue weighted by molar-refractivity contribution is 7.96. The molecule has 2 saturated heterocycles. The number of nitrogens with one attached hydrogen (secondary N) is 1. The minimum absolute atomic E-state index is 0.0278. The van der Waals surface area contributed by atoms with Gasteiger partial charge in [0.2, 0.25) is 16.5 Å². The van der Waals surface area contributed by atoms with E-state index in [1.807, 2.05) is 0 Å². The number of aliphatic hydroxyl groups excluding tert-OH is 3. The van der Waals surface area contributed by atoms with Crippen LogP contribution in [0.1, 0.15) is 19.4 Å². The Balaban J connectivity index is 1.56. The molecule has 4 N–H and O–H groups in total. The Labute approximate surface area is 290 Å². The van der Waals surface area contributed by atoms with E-state index in [-0.39, 0.29) is 40.8 Å². The molecule has 1 aliphatic carbocycles. The number of Topliss-reactive ketones (excluding diaryl/α,β-unsaturated/α-hetero) is 1. The lowest BCUT2D eigenvalue weighted by molar-refractivity contribution is -0.147. The summed E-state index contributed by atoms with van der Waals surface area (Å²) in [4.78, 5) is 26.0. The Morgan fingerprint density at radius 1 is 1.04 bits per heavy atom. The molecule has 19 heteroatoms. The molecule has 45 heavy (non-hydrogen) atoms. The van der Waals surface area contributed by atoms with Crippen LogP contribution in [0.4, 0.5) is 0 Å². The van der Waals surface area contributed by atoms with Crippen LogP contribution in [0, 0.1) is 0 Å². The Hall–Kier alpha value is -1.38. The summed E-state index contributed by atoms with van der Waals surface area (Å²) in [5.41, 5.74) is 0.476. The van der Waals surface area contributed by atoms with Crippen molar-refractivity contribution >= 4 is 77.2 Å². The highest BCUT2D eigenvalue weighted by Crippen LogP contribution is 2.37. The fourth-order valence-corrected chi connectivity index (χ4v) is 6.22. The second kappa shape index (κ2) is 17.1. The third-order valence-electron chi connectivity index (χ3n) is 7.06. The number of carbonyl (C=O) groups is 2. The number of aliphatic hydroxyl groups is 3. The van der Waals surface area contributed by atoms with Gasteiger partial charge in [-0.15, -0.1) is 0 Å². The van der Waals surface area contributed by atoms with Crippen LogP contribution in [0.25, 0.3) is 6.08 Å². The van der Waals surface area contributed by atoms with Gasteiger partial charge in [0.05, 0.1) is 6.04 Å². The van der Waals surface area contributed by atoms with Crippen molar-refractivity contribution in [3.05, 3.63) is 29.3 Å². The summed E-state index contributed by atoms with van der Waals surface area (Å²) in [6, 6.07) is 3.43. The minimum Gasteiger partial charge on any atom is -0.458 e. The van der Waals surface area contributed by atoms with Gasteiger partial charge < -0.3 is 52.1 Å². The number of fused-ring (bicyclic) bond motifs is 1.